The van der Waals surface area contributed by atoms with Crippen molar-refractivity contribution in [3.8, 4) is 0 Å². The number of rotatable bonds is 1. The molecule has 0 spiro atoms. The van der Waals surface area contributed by atoms with E-state index >= 15 is 0 Å². The predicted molar refractivity (Wildman–Crippen MR) is 62.2 cm³/mol. The van der Waals surface area contributed by atoms with Gasteiger partial charge in [0.05, 0.1) is 0 Å². The van der Waals surface area contributed by atoms with Crippen molar-refractivity contribution in [2.24, 2.45) is 11.8 Å². The van der Waals surface area contributed by atoms with Crippen LogP contribution in [0.3, 0.4) is 0 Å². The van der Waals surface area contributed by atoms with Gasteiger partial charge in [-0.3, -0.25) is 10.1 Å². The van der Waals surface area contributed by atoms with Crippen LogP contribution in [0.1, 0.15) is 26.7 Å². The van der Waals surface area contributed by atoms with Crippen LogP contribution in [0.2, 0.25) is 0 Å². The number of nitrogens with one attached hydrogen (secondary N) is 1. The van der Waals surface area contributed by atoms with E-state index in [-0.39, 0.29) is 6.04 Å². The first-order valence-corrected chi connectivity index (χ1v) is 6.73. The van der Waals surface area contributed by atoms with Gasteiger partial charge in [-0.05, 0) is 24.7 Å². The molecule has 86 valence electrons. The fourth-order valence-electron chi connectivity index (χ4n) is 2.93. The van der Waals surface area contributed by atoms with E-state index in [1.54, 1.807) is 0 Å². The molecule has 2 fully saturated rings. The lowest BCUT2D eigenvalue weighted by Gasteiger charge is -2.44. The molecule has 0 amide bonds. The molecule has 4 heteroatoms. The minimum atomic E-state index is -0.702. The number of carboxylic acids is 1. The number of hydrogen-bond acceptors (Lipinski definition) is 3. The van der Waals surface area contributed by atoms with E-state index in [1.807, 2.05) is 11.8 Å². The fourth-order valence-corrected chi connectivity index (χ4v) is 4.44. The lowest BCUT2D eigenvalue weighted by molar-refractivity contribution is -0.139. The van der Waals surface area contributed by atoms with Gasteiger partial charge in [0.15, 0.2) is 0 Å². The normalized spacial score (nSPS) is 45.9. The summed E-state index contributed by atoms with van der Waals surface area (Å²) in [6, 6.07) is 0.0670. The quantitative estimate of drug-likeness (QED) is 0.717. The molecule has 0 aromatic heterocycles. The van der Waals surface area contributed by atoms with E-state index in [1.165, 1.54) is 6.42 Å². The first kappa shape index (κ1) is 11.3. The van der Waals surface area contributed by atoms with Crippen molar-refractivity contribution in [1.29, 1.82) is 0 Å². The number of carboxylic acid groups (broad SMARTS) is 1. The number of aliphatic carboxylic acids is 1. The Labute approximate surface area is 95.0 Å². The highest BCUT2D eigenvalue weighted by Gasteiger charge is 2.40. The molecule has 3 nitrogen and oxygen atoms in total. The van der Waals surface area contributed by atoms with Gasteiger partial charge in [-0.1, -0.05) is 13.8 Å². The third-order valence-corrected chi connectivity index (χ3v) is 5.26. The maximum Gasteiger partial charge on any atom is 0.321 e. The van der Waals surface area contributed by atoms with E-state index in [2.05, 4.69) is 19.2 Å². The van der Waals surface area contributed by atoms with Crippen LogP contribution in [-0.4, -0.2) is 34.2 Å². The predicted octanol–water partition coefficient (Wildman–Crippen LogP) is 1.58. The number of hydrogen-bond donors (Lipinski definition) is 2. The van der Waals surface area contributed by atoms with Crippen LogP contribution in [0.4, 0.5) is 0 Å². The highest BCUT2D eigenvalue weighted by atomic mass is 32.2. The van der Waals surface area contributed by atoms with Crippen LogP contribution in [0.15, 0.2) is 0 Å². The van der Waals surface area contributed by atoms with Gasteiger partial charge in [0.2, 0.25) is 0 Å². The third kappa shape index (κ3) is 2.31. The zero-order chi connectivity index (χ0) is 11.0. The van der Waals surface area contributed by atoms with Gasteiger partial charge in [0, 0.05) is 17.0 Å². The van der Waals surface area contributed by atoms with Gasteiger partial charge in [-0.25, -0.2) is 0 Å². The minimum Gasteiger partial charge on any atom is -0.480 e. The van der Waals surface area contributed by atoms with E-state index in [0.29, 0.717) is 17.2 Å². The van der Waals surface area contributed by atoms with Crippen molar-refractivity contribution in [3.05, 3.63) is 0 Å². The van der Waals surface area contributed by atoms with Crippen molar-refractivity contribution >= 4 is 17.7 Å². The molecule has 0 bridgehead atoms. The molecule has 15 heavy (non-hydrogen) atoms. The van der Waals surface area contributed by atoms with Crippen molar-refractivity contribution in [1.82, 2.24) is 5.32 Å². The summed E-state index contributed by atoms with van der Waals surface area (Å²) in [6.45, 7) is 4.56. The minimum absolute atomic E-state index is 0.339. The maximum atomic E-state index is 10.9. The summed E-state index contributed by atoms with van der Waals surface area (Å²) in [5.41, 5.74) is 0. The van der Waals surface area contributed by atoms with Gasteiger partial charge in [-0.2, -0.15) is 11.8 Å². The Balaban J connectivity index is 2.02. The molecule has 1 heterocycles. The van der Waals surface area contributed by atoms with Crippen molar-refractivity contribution in [3.63, 3.8) is 0 Å². The van der Waals surface area contributed by atoms with Crippen LogP contribution in [0.25, 0.3) is 0 Å². The van der Waals surface area contributed by atoms with E-state index < -0.39 is 5.97 Å². The van der Waals surface area contributed by atoms with Crippen LogP contribution in [0.5, 0.6) is 0 Å². The van der Waals surface area contributed by atoms with Crippen LogP contribution < -0.4 is 5.32 Å². The van der Waals surface area contributed by atoms with Crippen LogP contribution in [0, 0.1) is 11.8 Å². The first-order chi connectivity index (χ1) is 7.08. The molecule has 1 saturated heterocycles. The summed E-state index contributed by atoms with van der Waals surface area (Å²) < 4.78 is 0. The Hall–Kier alpha value is -0.220. The monoisotopic (exact) mass is 229 g/mol. The maximum absolute atomic E-state index is 10.9. The molecule has 2 N–H and O–H groups in total. The second kappa shape index (κ2) is 4.34. The van der Waals surface area contributed by atoms with E-state index in [0.717, 1.165) is 18.1 Å². The zero-order valence-corrected chi connectivity index (χ0v) is 10.1. The molecular formula is C11H19NO2S. The number of fused-ring (bicyclic) bond motifs is 1. The van der Waals surface area contributed by atoms with Gasteiger partial charge in [0.25, 0.3) is 0 Å². The molecule has 1 aliphatic heterocycles. The highest BCUT2D eigenvalue weighted by Crippen LogP contribution is 2.39. The first-order valence-electron chi connectivity index (χ1n) is 5.68. The molecule has 5 unspecified atom stereocenters. The van der Waals surface area contributed by atoms with Gasteiger partial charge >= 0.3 is 5.97 Å². The molecule has 0 radical (unpaired) electrons. The Bertz CT molecular complexity index is 259. The van der Waals surface area contributed by atoms with Crippen LogP contribution in [-0.2, 0) is 4.79 Å². The molecule has 1 aliphatic carbocycles. The number of thioether (sulfide) groups is 1. The standard InChI is InChI=1S/C11H19NO2S/c1-6-3-7(2)10-8(4-6)12-9(5-15-10)11(13)14/h6-10,12H,3-5H2,1-2H3,(H,13,14). The summed E-state index contributed by atoms with van der Waals surface area (Å²) in [7, 11) is 0. The van der Waals surface area contributed by atoms with E-state index in [4.69, 9.17) is 5.11 Å². The van der Waals surface area contributed by atoms with E-state index in [9.17, 15) is 4.79 Å². The second-order valence-corrected chi connectivity index (χ2v) is 6.23. The largest absolute Gasteiger partial charge is 0.480 e. The lowest BCUT2D eigenvalue weighted by Crippen LogP contribution is -2.57. The topological polar surface area (TPSA) is 49.3 Å². The van der Waals surface area contributed by atoms with Crippen molar-refractivity contribution in [2.75, 3.05) is 5.75 Å². The smallest absolute Gasteiger partial charge is 0.321 e. The average molecular weight is 229 g/mol. The average Bonchev–Trinajstić information content (AvgIpc) is 2.16. The van der Waals surface area contributed by atoms with Gasteiger partial charge in [-0.15, -0.1) is 0 Å². The highest BCUT2D eigenvalue weighted by molar-refractivity contribution is 8.00. The Morgan fingerprint density at radius 3 is 2.80 bits per heavy atom. The molecule has 0 aromatic carbocycles. The molecule has 2 rings (SSSR count). The van der Waals surface area contributed by atoms with Crippen molar-refractivity contribution in [2.45, 2.75) is 44.0 Å². The summed E-state index contributed by atoms with van der Waals surface area (Å²) in [5.74, 6) is 1.45. The zero-order valence-electron chi connectivity index (χ0n) is 9.27. The summed E-state index contributed by atoms with van der Waals surface area (Å²) in [6.07, 6.45) is 2.42. The van der Waals surface area contributed by atoms with Crippen LogP contribution >= 0.6 is 11.8 Å². The molecule has 1 saturated carbocycles. The Kier molecular flexibility index (Phi) is 3.26. The summed E-state index contributed by atoms with van der Waals surface area (Å²) in [5, 5.41) is 12.9. The third-order valence-electron chi connectivity index (χ3n) is 3.56. The van der Waals surface area contributed by atoms with Gasteiger partial charge in [0.1, 0.15) is 6.04 Å². The number of carbonyl (C=O) groups is 1. The Morgan fingerprint density at radius 1 is 1.40 bits per heavy atom. The van der Waals surface area contributed by atoms with Crippen molar-refractivity contribution < 1.29 is 9.90 Å². The second-order valence-electron chi connectivity index (χ2n) is 5.02. The molecule has 0 aromatic rings. The molecular weight excluding hydrogens is 210 g/mol. The fraction of sp³-hybridized carbons (Fsp3) is 0.909. The SMILES string of the molecule is CC1CC(C)C2SCC(C(=O)O)NC2C1. The molecule has 2 aliphatic rings. The lowest BCUT2D eigenvalue weighted by atomic mass is 9.79. The van der Waals surface area contributed by atoms with Gasteiger partial charge < -0.3 is 5.11 Å². The summed E-state index contributed by atoms with van der Waals surface area (Å²) in [4.78, 5) is 10.9. The molecule has 5 atom stereocenters. The Morgan fingerprint density at radius 2 is 2.13 bits per heavy atom. The summed E-state index contributed by atoms with van der Waals surface area (Å²) >= 11 is 1.85.